The molecule has 0 aromatic carbocycles. The number of carbonyl (C=O) groups excluding carboxylic acids is 2. The van der Waals surface area contributed by atoms with E-state index in [0.29, 0.717) is 5.57 Å². The molecule has 0 atom stereocenters. The molecule has 104 valence electrons. The van der Waals surface area contributed by atoms with E-state index >= 15 is 0 Å². The van der Waals surface area contributed by atoms with E-state index in [1.54, 1.807) is 6.92 Å². The molecule has 0 spiro atoms. The van der Waals surface area contributed by atoms with Crippen LogP contribution in [-0.2, 0) is 24.2 Å². The number of amides is 1. The summed E-state index contributed by atoms with van der Waals surface area (Å²) in [6, 6.07) is 0. The van der Waals surface area contributed by atoms with Crippen LogP contribution in [0.15, 0.2) is 12.2 Å². The fraction of sp³-hybridized carbons (Fsp3) is 0.636. The highest BCUT2D eigenvalue weighted by atomic mass is 32.2. The molecule has 0 bridgehead atoms. The Morgan fingerprint density at radius 2 is 1.89 bits per heavy atom. The zero-order valence-electron chi connectivity index (χ0n) is 10.9. The Morgan fingerprint density at radius 1 is 1.33 bits per heavy atom. The lowest BCUT2D eigenvalue weighted by Crippen LogP contribution is -2.30. The quantitative estimate of drug-likeness (QED) is 0.403. The van der Waals surface area contributed by atoms with Gasteiger partial charge in [-0.3, -0.25) is 9.59 Å². The molecule has 0 fully saturated rings. The fourth-order valence-corrected chi connectivity index (χ4v) is 1.60. The summed E-state index contributed by atoms with van der Waals surface area (Å²) in [7, 11) is -3.44. The molecular weight excluding hydrogens is 258 g/mol. The van der Waals surface area contributed by atoms with E-state index in [1.165, 1.54) is 13.8 Å². The lowest BCUT2D eigenvalue weighted by Gasteiger charge is -2.08. The topological polar surface area (TPSA) is 89.5 Å². The van der Waals surface area contributed by atoms with E-state index in [0.717, 1.165) is 0 Å². The van der Waals surface area contributed by atoms with Crippen molar-refractivity contribution < 1.29 is 22.7 Å². The first-order valence-electron chi connectivity index (χ1n) is 5.47. The summed E-state index contributed by atoms with van der Waals surface area (Å²) < 4.78 is 27.5. The van der Waals surface area contributed by atoms with Crippen molar-refractivity contribution in [1.29, 1.82) is 0 Å². The van der Waals surface area contributed by atoms with Crippen LogP contribution in [0.1, 0.15) is 20.8 Å². The van der Waals surface area contributed by atoms with Gasteiger partial charge in [0.15, 0.2) is 9.84 Å². The van der Waals surface area contributed by atoms with Crippen molar-refractivity contribution in [1.82, 2.24) is 5.32 Å². The predicted octanol–water partition coefficient (Wildman–Crippen LogP) is 0.0451. The standard InChI is InChI=1S/C11H19NO5S/c1-8(2)11(14)12-5-6-17-10(13)7-18(15,16)9(3)4/h9H,1,5-7H2,2-4H3,(H,12,14). The second-order valence-electron chi connectivity index (χ2n) is 4.11. The van der Waals surface area contributed by atoms with E-state index in [9.17, 15) is 18.0 Å². The zero-order valence-corrected chi connectivity index (χ0v) is 11.7. The minimum absolute atomic E-state index is 0.0640. The van der Waals surface area contributed by atoms with E-state index in [1.807, 2.05) is 0 Å². The second-order valence-corrected chi connectivity index (χ2v) is 6.67. The van der Waals surface area contributed by atoms with Gasteiger partial charge in [-0.1, -0.05) is 6.58 Å². The Balaban J connectivity index is 3.93. The lowest BCUT2D eigenvalue weighted by atomic mass is 10.3. The number of nitrogens with one attached hydrogen (secondary N) is 1. The van der Waals surface area contributed by atoms with Gasteiger partial charge in [-0.2, -0.15) is 0 Å². The molecule has 1 N–H and O–H groups in total. The van der Waals surface area contributed by atoms with Gasteiger partial charge in [0.25, 0.3) is 0 Å². The Labute approximate surface area is 107 Å². The molecular formula is C11H19NO5S. The summed E-state index contributed by atoms with van der Waals surface area (Å²) >= 11 is 0. The van der Waals surface area contributed by atoms with Crippen LogP contribution in [0.25, 0.3) is 0 Å². The van der Waals surface area contributed by atoms with Crippen LogP contribution < -0.4 is 5.32 Å². The SMILES string of the molecule is C=C(C)C(=O)NCCOC(=O)CS(=O)(=O)C(C)C. The minimum atomic E-state index is -3.44. The van der Waals surface area contributed by atoms with Crippen LogP contribution in [0.5, 0.6) is 0 Å². The molecule has 0 saturated carbocycles. The van der Waals surface area contributed by atoms with Gasteiger partial charge < -0.3 is 10.1 Å². The van der Waals surface area contributed by atoms with Crippen LogP contribution in [0.4, 0.5) is 0 Å². The van der Waals surface area contributed by atoms with E-state index < -0.39 is 26.8 Å². The predicted molar refractivity (Wildman–Crippen MR) is 67.7 cm³/mol. The van der Waals surface area contributed by atoms with Crippen molar-refractivity contribution in [3.05, 3.63) is 12.2 Å². The number of rotatable bonds is 7. The number of esters is 1. The van der Waals surface area contributed by atoms with Crippen LogP contribution in [-0.4, -0.2) is 44.4 Å². The van der Waals surface area contributed by atoms with Crippen molar-refractivity contribution in [2.75, 3.05) is 18.9 Å². The molecule has 0 unspecified atom stereocenters. The first-order valence-corrected chi connectivity index (χ1v) is 7.19. The third-order valence-electron chi connectivity index (χ3n) is 2.08. The van der Waals surface area contributed by atoms with E-state index in [-0.39, 0.29) is 19.1 Å². The smallest absolute Gasteiger partial charge is 0.321 e. The van der Waals surface area contributed by atoms with Crippen molar-refractivity contribution in [3.63, 3.8) is 0 Å². The number of carbonyl (C=O) groups is 2. The van der Waals surface area contributed by atoms with Gasteiger partial charge in [0.05, 0.1) is 11.8 Å². The lowest BCUT2D eigenvalue weighted by molar-refractivity contribution is -0.140. The Morgan fingerprint density at radius 3 is 2.33 bits per heavy atom. The van der Waals surface area contributed by atoms with Gasteiger partial charge in [0.2, 0.25) is 5.91 Å². The van der Waals surface area contributed by atoms with Gasteiger partial charge in [0.1, 0.15) is 12.4 Å². The monoisotopic (exact) mass is 277 g/mol. The average molecular weight is 277 g/mol. The molecule has 7 heteroatoms. The summed E-state index contributed by atoms with van der Waals surface area (Å²) in [5.74, 6) is -1.78. The Kier molecular flexibility index (Phi) is 6.61. The van der Waals surface area contributed by atoms with Crippen molar-refractivity contribution in [3.8, 4) is 0 Å². The highest BCUT2D eigenvalue weighted by Gasteiger charge is 2.21. The van der Waals surface area contributed by atoms with Crippen LogP contribution in [0, 0.1) is 0 Å². The molecule has 0 aromatic heterocycles. The summed E-state index contributed by atoms with van der Waals surface area (Å²) in [5, 5.41) is 1.84. The summed E-state index contributed by atoms with van der Waals surface area (Å²) in [6.07, 6.45) is 0. The molecule has 0 aliphatic heterocycles. The molecule has 1 amide bonds. The highest BCUT2D eigenvalue weighted by Crippen LogP contribution is 2.01. The fourth-order valence-electron chi connectivity index (χ4n) is 0.853. The van der Waals surface area contributed by atoms with Gasteiger partial charge in [0, 0.05) is 5.57 Å². The number of ether oxygens (including phenoxy) is 1. The molecule has 0 aliphatic rings. The van der Waals surface area contributed by atoms with Gasteiger partial charge in [-0.25, -0.2) is 8.42 Å². The number of hydrogen-bond donors (Lipinski definition) is 1. The summed E-state index contributed by atoms with van der Waals surface area (Å²) in [6.45, 7) is 8.04. The maximum atomic E-state index is 11.4. The van der Waals surface area contributed by atoms with Crippen LogP contribution in [0.2, 0.25) is 0 Å². The van der Waals surface area contributed by atoms with Gasteiger partial charge >= 0.3 is 5.97 Å². The van der Waals surface area contributed by atoms with E-state index in [4.69, 9.17) is 4.74 Å². The number of hydrogen-bond acceptors (Lipinski definition) is 5. The molecule has 18 heavy (non-hydrogen) atoms. The Bertz CT molecular complexity index is 425. The zero-order chi connectivity index (χ0) is 14.3. The summed E-state index contributed by atoms with van der Waals surface area (Å²) in [4.78, 5) is 22.3. The minimum Gasteiger partial charge on any atom is -0.463 e. The summed E-state index contributed by atoms with van der Waals surface area (Å²) in [5.41, 5.74) is 0.351. The third-order valence-corrected chi connectivity index (χ3v) is 4.15. The number of sulfone groups is 1. The maximum absolute atomic E-state index is 11.4. The molecule has 6 nitrogen and oxygen atoms in total. The molecule has 0 heterocycles. The molecule has 0 saturated heterocycles. The van der Waals surface area contributed by atoms with Gasteiger partial charge in [-0.15, -0.1) is 0 Å². The maximum Gasteiger partial charge on any atom is 0.321 e. The van der Waals surface area contributed by atoms with Crippen molar-refractivity contribution >= 4 is 21.7 Å². The first-order chi connectivity index (χ1) is 8.16. The van der Waals surface area contributed by atoms with Crippen molar-refractivity contribution in [2.24, 2.45) is 0 Å². The van der Waals surface area contributed by atoms with Crippen LogP contribution in [0.3, 0.4) is 0 Å². The average Bonchev–Trinajstić information content (AvgIpc) is 2.22. The molecule has 0 radical (unpaired) electrons. The molecule has 0 aromatic rings. The third kappa shape index (κ3) is 6.39. The van der Waals surface area contributed by atoms with Crippen LogP contribution >= 0.6 is 0 Å². The van der Waals surface area contributed by atoms with E-state index in [2.05, 4.69) is 11.9 Å². The molecule has 0 rings (SSSR count). The highest BCUT2D eigenvalue weighted by molar-refractivity contribution is 7.92. The largest absolute Gasteiger partial charge is 0.463 e. The first kappa shape index (κ1) is 16.6. The normalized spacial score (nSPS) is 11.1. The molecule has 0 aliphatic carbocycles. The van der Waals surface area contributed by atoms with Gasteiger partial charge in [-0.05, 0) is 20.8 Å². The van der Waals surface area contributed by atoms with Crippen molar-refractivity contribution in [2.45, 2.75) is 26.0 Å². The second kappa shape index (κ2) is 7.15. The Hall–Kier alpha value is -1.37.